The van der Waals surface area contributed by atoms with Crippen LogP contribution in [0.25, 0.3) is 0 Å². The number of aliphatic hydroxyl groups excluding tert-OH is 1. The van der Waals surface area contributed by atoms with Gasteiger partial charge in [-0.2, -0.15) is 0 Å². The molecule has 1 atom stereocenters. The van der Waals surface area contributed by atoms with Gasteiger partial charge < -0.3 is 5.11 Å². The second-order valence-corrected chi connectivity index (χ2v) is 5.14. The van der Waals surface area contributed by atoms with E-state index in [9.17, 15) is 9.50 Å². The van der Waals surface area contributed by atoms with Gasteiger partial charge in [-0.1, -0.05) is 56.3 Å². The number of benzene rings is 2. The molecule has 1 N–H and O–H groups in total. The fourth-order valence-electron chi connectivity index (χ4n) is 2.12. The van der Waals surface area contributed by atoms with Crippen LogP contribution in [0.4, 0.5) is 4.39 Å². The highest BCUT2D eigenvalue weighted by atomic mass is 19.1. The molecule has 0 aliphatic heterocycles. The Morgan fingerprint density at radius 3 is 2.37 bits per heavy atom. The molecule has 100 valence electrons. The molecule has 2 aromatic rings. The van der Waals surface area contributed by atoms with Gasteiger partial charge in [-0.05, 0) is 23.1 Å². The Morgan fingerprint density at radius 2 is 1.74 bits per heavy atom. The SMILES string of the molecule is CC(C)c1ccc(F)c(C(O)Cc2ccccc2)c1. The lowest BCUT2D eigenvalue weighted by Gasteiger charge is -2.15. The predicted octanol–water partition coefficient (Wildman–Crippen LogP) is 4.23. The van der Waals surface area contributed by atoms with E-state index in [1.165, 1.54) is 6.07 Å². The molecule has 0 aliphatic rings. The van der Waals surface area contributed by atoms with E-state index in [-0.39, 0.29) is 5.82 Å². The van der Waals surface area contributed by atoms with Crippen LogP contribution in [0.2, 0.25) is 0 Å². The maximum atomic E-state index is 13.8. The van der Waals surface area contributed by atoms with Crippen LogP contribution >= 0.6 is 0 Å². The first-order valence-electron chi connectivity index (χ1n) is 6.59. The van der Waals surface area contributed by atoms with Crippen molar-refractivity contribution in [3.05, 3.63) is 71.0 Å². The summed E-state index contributed by atoms with van der Waals surface area (Å²) in [4.78, 5) is 0. The van der Waals surface area contributed by atoms with Crippen LogP contribution in [0.15, 0.2) is 48.5 Å². The lowest BCUT2D eigenvalue weighted by atomic mass is 9.95. The molecule has 0 saturated heterocycles. The standard InChI is InChI=1S/C17H19FO/c1-12(2)14-8-9-16(18)15(11-14)17(19)10-13-6-4-3-5-7-13/h3-9,11-12,17,19H,10H2,1-2H3. The molecule has 2 heteroatoms. The van der Waals surface area contributed by atoms with Crippen molar-refractivity contribution in [1.29, 1.82) is 0 Å². The normalized spacial score (nSPS) is 12.7. The molecule has 0 fully saturated rings. The maximum absolute atomic E-state index is 13.8. The first-order valence-corrected chi connectivity index (χ1v) is 6.59. The van der Waals surface area contributed by atoms with Crippen molar-refractivity contribution in [2.45, 2.75) is 32.3 Å². The van der Waals surface area contributed by atoms with Crippen LogP contribution < -0.4 is 0 Å². The Balaban J connectivity index is 2.23. The van der Waals surface area contributed by atoms with Crippen LogP contribution in [0, 0.1) is 5.82 Å². The smallest absolute Gasteiger partial charge is 0.129 e. The molecule has 0 spiro atoms. The van der Waals surface area contributed by atoms with Crippen molar-refractivity contribution in [2.75, 3.05) is 0 Å². The second kappa shape index (κ2) is 5.98. The van der Waals surface area contributed by atoms with E-state index in [1.54, 1.807) is 12.1 Å². The topological polar surface area (TPSA) is 20.2 Å². The number of hydrogen-bond acceptors (Lipinski definition) is 1. The summed E-state index contributed by atoms with van der Waals surface area (Å²) >= 11 is 0. The molecule has 0 amide bonds. The van der Waals surface area contributed by atoms with Crippen molar-refractivity contribution in [3.63, 3.8) is 0 Å². The van der Waals surface area contributed by atoms with Gasteiger partial charge in [-0.3, -0.25) is 0 Å². The molecule has 2 aromatic carbocycles. The van der Waals surface area contributed by atoms with Gasteiger partial charge in [0, 0.05) is 12.0 Å². The van der Waals surface area contributed by atoms with Crippen molar-refractivity contribution in [1.82, 2.24) is 0 Å². The van der Waals surface area contributed by atoms with Gasteiger partial charge >= 0.3 is 0 Å². The molecule has 0 radical (unpaired) electrons. The minimum Gasteiger partial charge on any atom is -0.388 e. The van der Waals surface area contributed by atoms with Gasteiger partial charge in [0.2, 0.25) is 0 Å². The van der Waals surface area contributed by atoms with Crippen LogP contribution in [-0.4, -0.2) is 5.11 Å². The molecule has 0 heterocycles. The van der Waals surface area contributed by atoms with Crippen LogP contribution in [0.3, 0.4) is 0 Å². The van der Waals surface area contributed by atoms with E-state index >= 15 is 0 Å². The zero-order chi connectivity index (χ0) is 13.8. The molecule has 19 heavy (non-hydrogen) atoms. The highest BCUT2D eigenvalue weighted by Crippen LogP contribution is 2.25. The highest BCUT2D eigenvalue weighted by molar-refractivity contribution is 5.30. The number of halogens is 1. The van der Waals surface area contributed by atoms with Crippen LogP contribution in [0.5, 0.6) is 0 Å². The summed E-state index contributed by atoms with van der Waals surface area (Å²) in [6.07, 6.45) is -0.375. The molecule has 0 aromatic heterocycles. The Kier molecular flexibility index (Phi) is 4.33. The molecule has 0 bridgehead atoms. The Bertz CT molecular complexity index is 534. The predicted molar refractivity (Wildman–Crippen MR) is 75.6 cm³/mol. The summed E-state index contributed by atoms with van der Waals surface area (Å²) in [5, 5.41) is 10.2. The molecule has 0 aliphatic carbocycles. The summed E-state index contributed by atoms with van der Waals surface area (Å²) in [6.45, 7) is 4.11. The van der Waals surface area contributed by atoms with Gasteiger partial charge in [0.1, 0.15) is 5.82 Å². The van der Waals surface area contributed by atoms with Crippen LogP contribution in [0.1, 0.15) is 42.6 Å². The lowest BCUT2D eigenvalue weighted by Crippen LogP contribution is -2.05. The van der Waals surface area contributed by atoms with E-state index < -0.39 is 6.10 Å². The molecular weight excluding hydrogens is 239 g/mol. The van der Waals surface area contributed by atoms with E-state index in [2.05, 4.69) is 13.8 Å². The quantitative estimate of drug-likeness (QED) is 0.870. The highest BCUT2D eigenvalue weighted by Gasteiger charge is 2.15. The summed E-state index contributed by atoms with van der Waals surface area (Å²) in [5.74, 6) is -0.0175. The van der Waals surface area contributed by atoms with Crippen molar-refractivity contribution < 1.29 is 9.50 Å². The van der Waals surface area contributed by atoms with E-state index in [0.717, 1.165) is 11.1 Å². The zero-order valence-corrected chi connectivity index (χ0v) is 11.3. The fraction of sp³-hybridized carbons (Fsp3) is 0.294. The van der Waals surface area contributed by atoms with E-state index in [0.29, 0.717) is 17.9 Å². The molecule has 0 saturated carbocycles. The van der Waals surface area contributed by atoms with Crippen LogP contribution in [-0.2, 0) is 6.42 Å². The first-order chi connectivity index (χ1) is 9.08. The summed E-state index contributed by atoms with van der Waals surface area (Å²) < 4.78 is 13.8. The average Bonchev–Trinajstić information content (AvgIpc) is 2.40. The Hall–Kier alpha value is -1.67. The minimum atomic E-state index is -0.805. The van der Waals surface area contributed by atoms with Gasteiger partial charge in [0.15, 0.2) is 0 Å². The maximum Gasteiger partial charge on any atom is 0.129 e. The largest absolute Gasteiger partial charge is 0.388 e. The zero-order valence-electron chi connectivity index (χ0n) is 11.3. The van der Waals surface area contributed by atoms with Crippen molar-refractivity contribution in [3.8, 4) is 0 Å². The van der Waals surface area contributed by atoms with E-state index in [1.807, 2.05) is 30.3 Å². The third-order valence-electron chi connectivity index (χ3n) is 3.32. The number of rotatable bonds is 4. The Labute approximate surface area is 113 Å². The summed E-state index contributed by atoms with van der Waals surface area (Å²) in [5.41, 5.74) is 2.43. The number of aliphatic hydroxyl groups is 1. The van der Waals surface area contributed by atoms with Gasteiger partial charge in [-0.15, -0.1) is 0 Å². The molecule has 2 rings (SSSR count). The van der Waals surface area contributed by atoms with Gasteiger partial charge in [-0.25, -0.2) is 4.39 Å². The average molecular weight is 258 g/mol. The fourth-order valence-corrected chi connectivity index (χ4v) is 2.12. The van der Waals surface area contributed by atoms with E-state index in [4.69, 9.17) is 0 Å². The number of hydrogen-bond donors (Lipinski definition) is 1. The van der Waals surface area contributed by atoms with Crippen molar-refractivity contribution >= 4 is 0 Å². The van der Waals surface area contributed by atoms with Gasteiger partial charge in [0.05, 0.1) is 6.10 Å². The lowest BCUT2D eigenvalue weighted by molar-refractivity contribution is 0.173. The first kappa shape index (κ1) is 13.8. The summed E-state index contributed by atoms with van der Waals surface area (Å²) in [7, 11) is 0. The Morgan fingerprint density at radius 1 is 1.05 bits per heavy atom. The van der Waals surface area contributed by atoms with Crippen molar-refractivity contribution in [2.24, 2.45) is 0 Å². The molecule has 1 unspecified atom stereocenters. The second-order valence-electron chi connectivity index (χ2n) is 5.14. The minimum absolute atomic E-state index is 0.322. The molecular formula is C17H19FO. The third-order valence-corrected chi connectivity index (χ3v) is 3.32. The third kappa shape index (κ3) is 3.42. The summed E-state index contributed by atoms with van der Waals surface area (Å²) in [6, 6.07) is 14.6. The monoisotopic (exact) mass is 258 g/mol. The van der Waals surface area contributed by atoms with Gasteiger partial charge in [0.25, 0.3) is 0 Å². The molecule has 1 nitrogen and oxygen atoms in total.